The van der Waals surface area contributed by atoms with Crippen molar-refractivity contribution in [3.05, 3.63) is 28.7 Å². The van der Waals surface area contributed by atoms with E-state index in [2.05, 4.69) is 15.5 Å². The van der Waals surface area contributed by atoms with Crippen LogP contribution in [0.4, 0.5) is 0 Å². The van der Waals surface area contributed by atoms with Crippen molar-refractivity contribution in [2.45, 2.75) is 13.0 Å². The Balaban J connectivity index is 2.31. The summed E-state index contributed by atoms with van der Waals surface area (Å²) in [7, 11) is 0. The third kappa shape index (κ3) is 2.08. The average Bonchev–Trinajstić information content (AvgIpc) is 2.91. The van der Waals surface area contributed by atoms with Gasteiger partial charge in [0.2, 0.25) is 0 Å². The Morgan fingerprint density at radius 3 is 3.12 bits per heavy atom. The van der Waals surface area contributed by atoms with E-state index in [0.717, 1.165) is 4.88 Å². The molecule has 0 radical (unpaired) electrons. The maximum Gasteiger partial charge on any atom is 0.336 e. The molecule has 2 rings (SSSR count). The minimum atomic E-state index is -0.588. The second kappa shape index (κ2) is 4.84. The Morgan fingerprint density at radius 1 is 1.69 bits per heavy atom. The molecular weight excluding hydrogens is 228 g/mol. The van der Waals surface area contributed by atoms with Gasteiger partial charge in [0.05, 0.1) is 6.61 Å². The van der Waals surface area contributed by atoms with Crippen LogP contribution in [-0.2, 0) is 9.53 Å². The third-order valence-corrected chi connectivity index (χ3v) is 2.88. The Morgan fingerprint density at radius 2 is 2.56 bits per heavy atom. The molecule has 0 aliphatic carbocycles. The van der Waals surface area contributed by atoms with Crippen LogP contribution in [0.25, 0.3) is 0 Å². The molecule has 0 aliphatic heterocycles. The lowest BCUT2D eigenvalue weighted by Crippen LogP contribution is -2.23. The number of carbonyl (C=O) groups excluding carboxylic acids is 1. The lowest BCUT2D eigenvalue weighted by Gasteiger charge is -2.12. The van der Waals surface area contributed by atoms with Crippen LogP contribution in [0.1, 0.15) is 17.8 Å². The Bertz CT molecular complexity index is 406. The molecule has 0 saturated carbocycles. The maximum absolute atomic E-state index is 11.8. The Kier molecular flexibility index (Phi) is 3.25. The zero-order chi connectivity index (χ0) is 11.4. The van der Waals surface area contributed by atoms with Crippen LogP contribution in [0.5, 0.6) is 0 Å². The molecule has 0 aromatic carbocycles. The van der Waals surface area contributed by atoms with Crippen LogP contribution >= 0.6 is 11.3 Å². The molecular formula is C9H10N4O2S. The van der Waals surface area contributed by atoms with E-state index in [1.165, 1.54) is 22.3 Å². The fraction of sp³-hybridized carbons (Fsp3) is 0.333. The molecule has 0 bridgehead atoms. The number of aromatic nitrogens is 4. The first-order valence-electron chi connectivity index (χ1n) is 4.75. The summed E-state index contributed by atoms with van der Waals surface area (Å²) >= 11 is 1.47. The molecule has 1 unspecified atom stereocenters. The van der Waals surface area contributed by atoms with E-state index in [1.807, 2.05) is 17.5 Å². The molecule has 0 N–H and O–H groups in total. The third-order valence-electron chi connectivity index (χ3n) is 1.95. The number of hydrogen-bond acceptors (Lipinski definition) is 6. The number of nitrogens with zero attached hydrogens (tertiary/aromatic N) is 4. The van der Waals surface area contributed by atoms with Gasteiger partial charge in [-0.25, -0.2) is 9.48 Å². The van der Waals surface area contributed by atoms with Crippen LogP contribution in [0.15, 0.2) is 23.8 Å². The highest BCUT2D eigenvalue weighted by Crippen LogP contribution is 2.23. The number of ether oxygens (including phenoxy) is 1. The summed E-state index contributed by atoms with van der Waals surface area (Å²) in [4.78, 5) is 12.7. The largest absolute Gasteiger partial charge is 0.464 e. The van der Waals surface area contributed by atoms with Gasteiger partial charge in [-0.15, -0.1) is 16.4 Å². The fourth-order valence-corrected chi connectivity index (χ4v) is 2.11. The fourth-order valence-electron chi connectivity index (χ4n) is 1.31. The number of hydrogen-bond donors (Lipinski definition) is 0. The minimum Gasteiger partial charge on any atom is -0.464 e. The first-order chi connectivity index (χ1) is 7.83. The molecule has 0 aliphatic rings. The number of rotatable bonds is 4. The lowest BCUT2D eigenvalue weighted by molar-refractivity contribution is -0.146. The number of thiophene rings is 1. The van der Waals surface area contributed by atoms with Crippen LogP contribution < -0.4 is 0 Å². The van der Waals surface area contributed by atoms with E-state index in [1.54, 1.807) is 6.92 Å². The van der Waals surface area contributed by atoms with E-state index in [0.29, 0.717) is 6.61 Å². The van der Waals surface area contributed by atoms with Crippen molar-refractivity contribution in [2.24, 2.45) is 0 Å². The summed E-state index contributed by atoms with van der Waals surface area (Å²) in [5, 5.41) is 12.7. The quantitative estimate of drug-likeness (QED) is 0.740. The van der Waals surface area contributed by atoms with Gasteiger partial charge in [-0.05, 0) is 28.8 Å². The van der Waals surface area contributed by atoms with Crippen LogP contribution in [-0.4, -0.2) is 32.8 Å². The zero-order valence-electron chi connectivity index (χ0n) is 8.61. The second-order valence-corrected chi connectivity index (χ2v) is 3.94. The van der Waals surface area contributed by atoms with E-state index in [9.17, 15) is 4.79 Å². The number of carbonyl (C=O) groups is 1. The standard InChI is InChI=1S/C9H10N4O2S/c1-2-15-9(14)8(7-4-3-5-16-7)13-6-10-11-12-13/h3-6,8H,2H2,1H3. The summed E-state index contributed by atoms with van der Waals surface area (Å²) in [6, 6.07) is 3.14. The van der Waals surface area contributed by atoms with Crippen molar-refractivity contribution >= 4 is 17.3 Å². The monoisotopic (exact) mass is 238 g/mol. The zero-order valence-corrected chi connectivity index (χ0v) is 9.42. The molecule has 0 saturated heterocycles. The van der Waals surface area contributed by atoms with Crippen LogP contribution in [0.2, 0.25) is 0 Å². The van der Waals surface area contributed by atoms with Crippen molar-refractivity contribution in [1.29, 1.82) is 0 Å². The van der Waals surface area contributed by atoms with Gasteiger partial charge in [0.1, 0.15) is 6.33 Å². The van der Waals surface area contributed by atoms with E-state index < -0.39 is 6.04 Å². The molecule has 6 nitrogen and oxygen atoms in total. The molecule has 2 heterocycles. The predicted molar refractivity (Wildman–Crippen MR) is 56.9 cm³/mol. The summed E-state index contributed by atoms with van der Waals surface area (Å²) in [5.41, 5.74) is 0. The molecule has 0 amide bonds. The van der Waals surface area contributed by atoms with Crippen molar-refractivity contribution < 1.29 is 9.53 Å². The first-order valence-corrected chi connectivity index (χ1v) is 5.63. The topological polar surface area (TPSA) is 69.9 Å². The SMILES string of the molecule is CCOC(=O)C(c1cccs1)n1cnnn1. The predicted octanol–water partition coefficient (Wildman–Crippen LogP) is 0.887. The minimum absolute atomic E-state index is 0.336. The van der Waals surface area contributed by atoms with Gasteiger partial charge in [0, 0.05) is 4.88 Å². The molecule has 84 valence electrons. The molecule has 0 fully saturated rings. The maximum atomic E-state index is 11.8. The molecule has 2 aromatic rings. The van der Waals surface area contributed by atoms with Gasteiger partial charge in [0.25, 0.3) is 0 Å². The molecule has 7 heteroatoms. The van der Waals surface area contributed by atoms with Crippen molar-refractivity contribution in [2.75, 3.05) is 6.61 Å². The van der Waals surface area contributed by atoms with E-state index in [-0.39, 0.29) is 5.97 Å². The lowest BCUT2D eigenvalue weighted by atomic mass is 10.2. The van der Waals surface area contributed by atoms with Gasteiger partial charge >= 0.3 is 5.97 Å². The summed E-state index contributed by atoms with van der Waals surface area (Å²) in [6.07, 6.45) is 1.40. The van der Waals surface area contributed by atoms with Gasteiger partial charge in [0.15, 0.2) is 6.04 Å². The Hall–Kier alpha value is -1.76. The summed E-state index contributed by atoms with van der Waals surface area (Å²) < 4.78 is 6.40. The first kappa shape index (κ1) is 10.7. The molecule has 2 aromatic heterocycles. The smallest absolute Gasteiger partial charge is 0.336 e. The molecule has 16 heavy (non-hydrogen) atoms. The van der Waals surface area contributed by atoms with Crippen molar-refractivity contribution in [1.82, 2.24) is 20.2 Å². The highest BCUT2D eigenvalue weighted by Gasteiger charge is 2.25. The van der Waals surface area contributed by atoms with Gasteiger partial charge in [-0.1, -0.05) is 6.07 Å². The number of tetrazole rings is 1. The Labute approximate surface area is 95.8 Å². The summed E-state index contributed by atoms with van der Waals surface area (Å²) in [6.45, 7) is 2.10. The van der Waals surface area contributed by atoms with Gasteiger partial charge in [-0.3, -0.25) is 0 Å². The van der Waals surface area contributed by atoms with Crippen molar-refractivity contribution in [3.8, 4) is 0 Å². The van der Waals surface area contributed by atoms with E-state index >= 15 is 0 Å². The van der Waals surface area contributed by atoms with Gasteiger partial charge in [-0.2, -0.15) is 0 Å². The molecule has 1 atom stereocenters. The normalized spacial score (nSPS) is 12.3. The second-order valence-electron chi connectivity index (χ2n) is 2.96. The number of esters is 1. The highest BCUT2D eigenvalue weighted by molar-refractivity contribution is 7.10. The van der Waals surface area contributed by atoms with Crippen molar-refractivity contribution in [3.63, 3.8) is 0 Å². The highest BCUT2D eigenvalue weighted by atomic mass is 32.1. The molecule has 0 spiro atoms. The van der Waals surface area contributed by atoms with E-state index in [4.69, 9.17) is 4.74 Å². The average molecular weight is 238 g/mol. The van der Waals surface area contributed by atoms with Gasteiger partial charge < -0.3 is 4.74 Å². The summed E-state index contributed by atoms with van der Waals surface area (Å²) in [5.74, 6) is -0.350. The van der Waals surface area contributed by atoms with Crippen LogP contribution in [0.3, 0.4) is 0 Å². The van der Waals surface area contributed by atoms with Crippen LogP contribution in [0, 0.1) is 0 Å².